The lowest BCUT2D eigenvalue weighted by Crippen LogP contribution is -2.22. The second-order valence-corrected chi connectivity index (χ2v) is 7.47. The smallest absolute Gasteiger partial charge is 0.0995 e. The summed E-state index contributed by atoms with van der Waals surface area (Å²) in [4.78, 5) is 0. The van der Waals surface area contributed by atoms with Crippen LogP contribution in [-0.4, -0.2) is 6.54 Å². The fourth-order valence-corrected chi connectivity index (χ4v) is 3.97. The maximum atomic E-state index is 6.30. The Balaban J connectivity index is 2.51. The molecule has 0 aliphatic carbocycles. The quantitative estimate of drug-likeness (QED) is 0.706. The van der Waals surface area contributed by atoms with E-state index >= 15 is 0 Å². The molecular formula is C14H14BrCl2NS. The van der Waals surface area contributed by atoms with E-state index in [4.69, 9.17) is 23.2 Å². The summed E-state index contributed by atoms with van der Waals surface area (Å²) in [5, 5.41) is 3.48. The van der Waals surface area contributed by atoms with E-state index in [0.29, 0.717) is 0 Å². The standard InChI is InChI=1S/C14H14BrCl2NS/c1-3-18-13(11-7-12(16)19-14(11)17)10-6-9(15)5-4-8(10)2/h4-7,13,18H,3H2,1-2H3. The lowest BCUT2D eigenvalue weighted by Gasteiger charge is -2.20. The van der Waals surface area contributed by atoms with E-state index in [1.54, 1.807) is 0 Å². The van der Waals surface area contributed by atoms with Crippen molar-refractivity contribution in [2.75, 3.05) is 6.54 Å². The Morgan fingerprint density at radius 2 is 2.00 bits per heavy atom. The second kappa shape index (κ2) is 6.59. The summed E-state index contributed by atoms with van der Waals surface area (Å²) in [6.07, 6.45) is 0. The molecule has 0 saturated carbocycles. The third-order valence-electron chi connectivity index (χ3n) is 2.95. The van der Waals surface area contributed by atoms with Gasteiger partial charge in [0.2, 0.25) is 0 Å². The molecule has 102 valence electrons. The molecule has 0 bridgehead atoms. The SMILES string of the molecule is CCNC(c1cc(Br)ccc1C)c1cc(Cl)sc1Cl. The first-order valence-corrected chi connectivity index (χ1v) is 8.33. The summed E-state index contributed by atoms with van der Waals surface area (Å²) in [7, 11) is 0. The van der Waals surface area contributed by atoms with Gasteiger partial charge in [0.1, 0.15) is 0 Å². The van der Waals surface area contributed by atoms with Crippen LogP contribution in [0.3, 0.4) is 0 Å². The van der Waals surface area contributed by atoms with Crippen molar-refractivity contribution in [1.29, 1.82) is 0 Å². The zero-order valence-electron chi connectivity index (χ0n) is 10.6. The zero-order valence-corrected chi connectivity index (χ0v) is 14.6. The second-order valence-electron chi connectivity index (χ2n) is 4.27. The maximum Gasteiger partial charge on any atom is 0.0995 e. The average molecular weight is 379 g/mol. The summed E-state index contributed by atoms with van der Waals surface area (Å²) in [5.74, 6) is 0. The number of benzene rings is 1. The summed E-state index contributed by atoms with van der Waals surface area (Å²) in [6.45, 7) is 5.05. The van der Waals surface area contributed by atoms with Gasteiger partial charge in [0, 0.05) is 10.0 Å². The Hall–Kier alpha value is -0.0600. The van der Waals surface area contributed by atoms with Gasteiger partial charge in [-0.25, -0.2) is 0 Å². The predicted molar refractivity (Wildman–Crippen MR) is 88.7 cm³/mol. The van der Waals surface area contributed by atoms with Crippen LogP contribution in [-0.2, 0) is 0 Å². The number of hydrogen-bond acceptors (Lipinski definition) is 2. The van der Waals surface area contributed by atoms with Crippen molar-refractivity contribution >= 4 is 50.5 Å². The molecule has 0 saturated heterocycles. The summed E-state index contributed by atoms with van der Waals surface area (Å²) < 4.78 is 2.53. The highest BCUT2D eigenvalue weighted by Crippen LogP contribution is 2.38. The highest BCUT2D eigenvalue weighted by Gasteiger charge is 2.20. The fraction of sp³-hybridized carbons (Fsp3) is 0.286. The molecule has 2 rings (SSSR count). The van der Waals surface area contributed by atoms with Crippen LogP contribution in [0, 0.1) is 6.92 Å². The van der Waals surface area contributed by atoms with Crippen LogP contribution in [0.4, 0.5) is 0 Å². The molecule has 1 N–H and O–H groups in total. The van der Waals surface area contributed by atoms with Gasteiger partial charge in [-0.3, -0.25) is 0 Å². The van der Waals surface area contributed by atoms with Crippen molar-refractivity contribution in [3.63, 3.8) is 0 Å². The van der Waals surface area contributed by atoms with Gasteiger partial charge < -0.3 is 5.32 Å². The third kappa shape index (κ3) is 3.53. The first-order chi connectivity index (χ1) is 9.02. The first-order valence-electron chi connectivity index (χ1n) is 5.97. The Bertz CT molecular complexity index is 583. The van der Waals surface area contributed by atoms with E-state index in [-0.39, 0.29) is 6.04 Å². The van der Waals surface area contributed by atoms with Gasteiger partial charge in [-0.05, 0) is 42.8 Å². The minimum atomic E-state index is 0.0683. The minimum absolute atomic E-state index is 0.0683. The van der Waals surface area contributed by atoms with Crippen LogP contribution in [0.5, 0.6) is 0 Å². The highest BCUT2D eigenvalue weighted by molar-refractivity contribution is 9.10. The van der Waals surface area contributed by atoms with E-state index in [2.05, 4.69) is 47.2 Å². The van der Waals surface area contributed by atoms with Crippen molar-refractivity contribution in [2.45, 2.75) is 19.9 Å². The van der Waals surface area contributed by atoms with Crippen molar-refractivity contribution < 1.29 is 0 Å². The Labute approximate surface area is 136 Å². The van der Waals surface area contributed by atoms with Gasteiger partial charge in [-0.15, -0.1) is 11.3 Å². The molecule has 0 amide bonds. The van der Waals surface area contributed by atoms with Crippen LogP contribution >= 0.6 is 50.5 Å². The Kier molecular flexibility index (Phi) is 5.32. The predicted octanol–water partition coefficient (Wildman–Crippen LogP) is 5.82. The van der Waals surface area contributed by atoms with Crippen LogP contribution in [0.15, 0.2) is 28.7 Å². The first kappa shape index (κ1) is 15.3. The molecular weight excluding hydrogens is 365 g/mol. The molecule has 19 heavy (non-hydrogen) atoms. The molecule has 1 heterocycles. The fourth-order valence-electron chi connectivity index (χ4n) is 2.06. The van der Waals surface area contributed by atoms with Gasteiger partial charge >= 0.3 is 0 Å². The number of nitrogens with one attached hydrogen (secondary N) is 1. The van der Waals surface area contributed by atoms with Gasteiger partial charge in [0.25, 0.3) is 0 Å². The molecule has 2 aromatic rings. The summed E-state index contributed by atoms with van der Waals surface area (Å²) >= 11 is 17.3. The van der Waals surface area contributed by atoms with Gasteiger partial charge in [-0.2, -0.15) is 0 Å². The lowest BCUT2D eigenvalue weighted by molar-refractivity contribution is 0.629. The van der Waals surface area contributed by atoms with Crippen LogP contribution in [0.1, 0.15) is 29.7 Å². The average Bonchev–Trinajstić information content (AvgIpc) is 2.69. The molecule has 0 spiro atoms. The molecule has 1 atom stereocenters. The molecule has 1 nitrogen and oxygen atoms in total. The van der Waals surface area contributed by atoms with E-state index in [0.717, 1.165) is 25.3 Å². The lowest BCUT2D eigenvalue weighted by atomic mass is 9.97. The largest absolute Gasteiger partial charge is 0.306 e. The molecule has 5 heteroatoms. The van der Waals surface area contributed by atoms with Gasteiger partial charge in [0.15, 0.2) is 0 Å². The van der Waals surface area contributed by atoms with Crippen molar-refractivity contribution in [3.05, 3.63) is 54.1 Å². The van der Waals surface area contributed by atoms with Gasteiger partial charge in [0.05, 0.1) is 14.7 Å². The Morgan fingerprint density at radius 3 is 2.58 bits per heavy atom. The highest BCUT2D eigenvalue weighted by atomic mass is 79.9. The Morgan fingerprint density at radius 1 is 1.26 bits per heavy atom. The van der Waals surface area contributed by atoms with Crippen LogP contribution in [0.2, 0.25) is 8.67 Å². The maximum absolute atomic E-state index is 6.30. The molecule has 1 aromatic heterocycles. The summed E-state index contributed by atoms with van der Waals surface area (Å²) in [5.41, 5.74) is 3.49. The topological polar surface area (TPSA) is 12.0 Å². The molecule has 1 aromatic carbocycles. The molecule has 0 fully saturated rings. The number of rotatable bonds is 4. The molecule has 1 unspecified atom stereocenters. The van der Waals surface area contributed by atoms with Gasteiger partial charge in [-0.1, -0.05) is 52.1 Å². The van der Waals surface area contributed by atoms with Crippen molar-refractivity contribution in [1.82, 2.24) is 5.32 Å². The monoisotopic (exact) mass is 377 g/mol. The third-order valence-corrected chi connectivity index (χ3v) is 4.97. The van der Waals surface area contributed by atoms with E-state index in [9.17, 15) is 0 Å². The molecule has 0 aliphatic heterocycles. The van der Waals surface area contributed by atoms with Crippen molar-refractivity contribution in [2.24, 2.45) is 0 Å². The zero-order chi connectivity index (χ0) is 14.0. The van der Waals surface area contributed by atoms with E-state index in [1.807, 2.05) is 12.1 Å². The molecule has 0 aliphatic rings. The van der Waals surface area contributed by atoms with E-state index < -0.39 is 0 Å². The van der Waals surface area contributed by atoms with Crippen molar-refractivity contribution in [3.8, 4) is 0 Å². The van der Waals surface area contributed by atoms with Crippen LogP contribution in [0.25, 0.3) is 0 Å². The number of aryl methyl sites for hydroxylation is 1. The molecule has 0 radical (unpaired) electrons. The summed E-state index contributed by atoms with van der Waals surface area (Å²) in [6, 6.07) is 8.29. The number of hydrogen-bond donors (Lipinski definition) is 1. The number of halogens is 3. The number of thiophene rings is 1. The van der Waals surface area contributed by atoms with Crippen LogP contribution < -0.4 is 5.32 Å². The normalized spacial score (nSPS) is 12.7. The minimum Gasteiger partial charge on any atom is -0.306 e. The van der Waals surface area contributed by atoms with E-state index in [1.165, 1.54) is 22.5 Å².